The molecule has 0 saturated heterocycles. The van der Waals surface area contributed by atoms with Gasteiger partial charge in [0.2, 0.25) is 0 Å². The van der Waals surface area contributed by atoms with Crippen LogP contribution in [0.15, 0.2) is 126 Å². The van der Waals surface area contributed by atoms with Gasteiger partial charge >= 0.3 is 18.1 Å². The number of carbonyl (C=O) groups excluding carboxylic acids is 2. The molecule has 2 heterocycles. The maximum atomic E-state index is 12.7. The highest BCUT2D eigenvalue weighted by Gasteiger charge is 2.30. The minimum absolute atomic E-state index is 0.0818. The molecule has 15 heteroatoms. The van der Waals surface area contributed by atoms with E-state index in [1.165, 1.54) is 28.8 Å². The number of carbonyl (C=O) groups is 4. The van der Waals surface area contributed by atoms with Gasteiger partial charge in [0.15, 0.2) is 0 Å². The van der Waals surface area contributed by atoms with Crippen LogP contribution < -0.4 is 10.6 Å². The van der Waals surface area contributed by atoms with Crippen LogP contribution in [0.2, 0.25) is 0 Å². The molecule has 6 aromatic rings. The number of thiazole rings is 2. The second-order valence-corrected chi connectivity index (χ2v) is 14.1. The summed E-state index contributed by atoms with van der Waals surface area (Å²) < 4.78 is 38.1. The number of aliphatic carboxylic acids is 2. The van der Waals surface area contributed by atoms with E-state index in [0.717, 1.165) is 45.2 Å². The number of nitrogens with zero attached hydrogens (tertiary/aromatic N) is 2. The normalized spacial score (nSPS) is 12.1. The van der Waals surface area contributed by atoms with E-state index in [2.05, 4.69) is 20.6 Å². The summed E-state index contributed by atoms with van der Waals surface area (Å²) in [4.78, 5) is 55.9. The molecule has 0 aliphatic heterocycles. The molecule has 0 radical (unpaired) electrons. The largest absolute Gasteiger partial charge is 0.481 e. The number of aromatic nitrogens is 2. The highest BCUT2D eigenvalue weighted by atomic mass is 32.1. The number of benzene rings is 4. The lowest BCUT2D eigenvalue weighted by molar-refractivity contribution is -0.138. The Labute approximate surface area is 327 Å². The Hall–Kier alpha value is -6.19. The molecule has 10 nitrogen and oxygen atoms in total. The van der Waals surface area contributed by atoms with Crippen molar-refractivity contribution < 1.29 is 42.6 Å². The van der Waals surface area contributed by atoms with Gasteiger partial charge in [-0.25, -0.2) is 9.97 Å². The number of carboxylic acids is 2. The zero-order valence-corrected chi connectivity index (χ0v) is 31.1. The summed E-state index contributed by atoms with van der Waals surface area (Å²) in [7, 11) is 0. The summed E-state index contributed by atoms with van der Waals surface area (Å²) in [6.45, 7) is 0. The lowest BCUT2D eigenvalue weighted by Gasteiger charge is -2.16. The van der Waals surface area contributed by atoms with Crippen LogP contribution in [0.1, 0.15) is 50.5 Å². The van der Waals surface area contributed by atoms with Crippen molar-refractivity contribution in [3.8, 4) is 21.1 Å². The summed E-state index contributed by atoms with van der Waals surface area (Å²) >= 11 is 2.51. The lowest BCUT2D eigenvalue weighted by atomic mass is 10.0. The second kappa shape index (κ2) is 19.4. The number of nitrogens with one attached hydrogen (secondary N) is 2. The first-order valence-electron chi connectivity index (χ1n) is 17.1. The Morgan fingerprint density at radius 3 is 1.32 bits per heavy atom. The second-order valence-electron chi connectivity index (χ2n) is 12.4. The van der Waals surface area contributed by atoms with E-state index in [1.54, 1.807) is 5.38 Å². The molecule has 0 saturated carbocycles. The molecule has 0 bridgehead atoms. The maximum absolute atomic E-state index is 12.7. The van der Waals surface area contributed by atoms with E-state index >= 15 is 0 Å². The van der Waals surface area contributed by atoms with Crippen molar-refractivity contribution in [2.24, 2.45) is 0 Å². The summed E-state index contributed by atoms with van der Waals surface area (Å²) in [6, 6.07) is 31.7. The molecule has 0 spiro atoms. The van der Waals surface area contributed by atoms with Gasteiger partial charge in [0.25, 0.3) is 11.8 Å². The van der Waals surface area contributed by atoms with E-state index in [1.807, 2.05) is 91.0 Å². The number of rotatable bonds is 14. The molecule has 0 aliphatic rings. The minimum atomic E-state index is -4.43. The number of hydrogen-bond donors (Lipinski definition) is 4. The number of carboxylic acid groups (broad SMARTS) is 2. The van der Waals surface area contributed by atoms with Gasteiger partial charge < -0.3 is 20.8 Å². The molecule has 4 aromatic carbocycles. The van der Waals surface area contributed by atoms with Crippen molar-refractivity contribution in [2.75, 3.05) is 0 Å². The Morgan fingerprint density at radius 1 is 0.571 bits per heavy atom. The first kappa shape index (κ1) is 41.0. The fraction of sp³-hybridized carbons (Fsp3) is 0.171. The standard InChI is InChI=1S/C21H17F3N2O3S.C20H18N2O3S/c22-21(23,24)15-8-6-14(7-9-15)20-26-17(12-30-20)19(29)25-16(11-18(27)28)10-13-4-2-1-3-5-13;23-18(24)12-16(11-14-7-3-1-4-8-14)21-19(25)17-13-26-20(22-17)15-9-5-2-6-10-15/h1-9,12,16H,10-11H2,(H,25,29)(H,27,28);1-10,13,16H,11-12H2,(H,21,25)(H,23,24). The molecule has 0 aliphatic carbocycles. The van der Waals surface area contributed by atoms with Crippen LogP contribution >= 0.6 is 22.7 Å². The van der Waals surface area contributed by atoms with Gasteiger partial charge in [-0.2, -0.15) is 13.2 Å². The molecular formula is C41H35F3N4O6S2. The zero-order chi connectivity index (χ0) is 40.1. The maximum Gasteiger partial charge on any atom is 0.416 e. The average molecular weight is 801 g/mol. The van der Waals surface area contributed by atoms with Crippen molar-refractivity contribution in [1.29, 1.82) is 0 Å². The Bertz CT molecular complexity index is 2210. The Kier molecular flexibility index (Phi) is 14.2. The van der Waals surface area contributed by atoms with E-state index in [0.29, 0.717) is 29.1 Å². The quantitative estimate of drug-likeness (QED) is 0.0857. The molecule has 2 aromatic heterocycles. The van der Waals surface area contributed by atoms with Crippen molar-refractivity contribution >= 4 is 46.4 Å². The van der Waals surface area contributed by atoms with E-state index in [4.69, 9.17) is 10.2 Å². The molecule has 6 rings (SSSR count). The predicted octanol–water partition coefficient (Wildman–Crippen LogP) is 8.27. The third-order valence-corrected chi connectivity index (χ3v) is 9.90. The van der Waals surface area contributed by atoms with Crippen LogP contribution in [0.5, 0.6) is 0 Å². The third-order valence-electron chi connectivity index (χ3n) is 8.12. The fourth-order valence-electron chi connectivity index (χ4n) is 5.49. The summed E-state index contributed by atoms with van der Waals surface area (Å²) in [5.41, 5.74) is 2.88. The summed E-state index contributed by atoms with van der Waals surface area (Å²) in [5, 5.41) is 28.1. The molecule has 288 valence electrons. The van der Waals surface area contributed by atoms with E-state index < -0.39 is 41.7 Å². The SMILES string of the molecule is O=C(O)CC(Cc1ccccc1)NC(=O)c1csc(-c2ccc(C(F)(F)F)cc2)n1.O=C(O)CC(Cc1ccccc1)NC(=O)c1csc(-c2ccccc2)n1. The fourth-order valence-corrected chi connectivity index (χ4v) is 7.10. The molecule has 2 unspecified atom stereocenters. The van der Waals surface area contributed by atoms with Gasteiger partial charge in [-0.15, -0.1) is 22.7 Å². The monoisotopic (exact) mass is 800 g/mol. The van der Waals surface area contributed by atoms with E-state index in [9.17, 15) is 32.3 Å². The minimum Gasteiger partial charge on any atom is -0.481 e. The molecule has 4 N–H and O–H groups in total. The molecule has 2 atom stereocenters. The van der Waals surface area contributed by atoms with Gasteiger partial charge in [-0.05, 0) is 36.1 Å². The average Bonchev–Trinajstić information content (AvgIpc) is 3.87. The highest BCUT2D eigenvalue weighted by Crippen LogP contribution is 2.32. The van der Waals surface area contributed by atoms with Crippen molar-refractivity contribution in [3.63, 3.8) is 0 Å². The number of amides is 2. The van der Waals surface area contributed by atoms with Crippen molar-refractivity contribution in [1.82, 2.24) is 20.6 Å². The van der Waals surface area contributed by atoms with Crippen LogP contribution in [0.25, 0.3) is 21.1 Å². The summed E-state index contributed by atoms with van der Waals surface area (Å²) in [6.07, 6.45) is -4.03. The molecular weight excluding hydrogens is 766 g/mol. The van der Waals surface area contributed by atoms with Gasteiger partial charge in [0.1, 0.15) is 21.4 Å². The van der Waals surface area contributed by atoms with Gasteiger partial charge in [-0.3, -0.25) is 19.2 Å². The van der Waals surface area contributed by atoms with Crippen LogP contribution in [-0.2, 0) is 28.6 Å². The van der Waals surface area contributed by atoms with Crippen molar-refractivity contribution in [2.45, 2.75) is 43.9 Å². The van der Waals surface area contributed by atoms with Crippen LogP contribution in [0, 0.1) is 0 Å². The zero-order valence-electron chi connectivity index (χ0n) is 29.5. The molecule has 0 fully saturated rings. The predicted molar refractivity (Wildman–Crippen MR) is 207 cm³/mol. The number of hydrogen-bond acceptors (Lipinski definition) is 8. The number of halogens is 3. The first-order valence-corrected chi connectivity index (χ1v) is 18.9. The first-order chi connectivity index (χ1) is 26.8. The Morgan fingerprint density at radius 2 is 0.946 bits per heavy atom. The van der Waals surface area contributed by atoms with Crippen LogP contribution in [0.3, 0.4) is 0 Å². The highest BCUT2D eigenvalue weighted by molar-refractivity contribution is 7.13. The third kappa shape index (κ3) is 12.4. The van der Waals surface area contributed by atoms with Gasteiger partial charge in [0, 0.05) is 34.0 Å². The smallest absolute Gasteiger partial charge is 0.416 e. The topological polar surface area (TPSA) is 159 Å². The summed E-state index contributed by atoms with van der Waals surface area (Å²) in [5.74, 6) is -2.88. The van der Waals surface area contributed by atoms with Gasteiger partial charge in [0.05, 0.1) is 18.4 Å². The van der Waals surface area contributed by atoms with Gasteiger partial charge in [-0.1, -0.05) is 103 Å². The van der Waals surface area contributed by atoms with Crippen LogP contribution in [0.4, 0.5) is 13.2 Å². The number of alkyl halides is 3. The molecule has 56 heavy (non-hydrogen) atoms. The van der Waals surface area contributed by atoms with E-state index in [-0.39, 0.29) is 24.4 Å². The van der Waals surface area contributed by atoms with Crippen LogP contribution in [-0.4, -0.2) is 56.0 Å². The lowest BCUT2D eigenvalue weighted by Crippen LogP contribution is -2.38. The Balaban J connectivity index is 0.000000216. The van der Waals surface area contributed by atoms with Crippen molar-refractivity contribution in [3.05, 3.63) is 154 Å². The molecule has 2 amide bonds.